The SMILES string of the molecule is CCCCCCCCCCCC(=S)O[C@@H]1[C@H]([C@H](O)CO)OC[C@@H]1OC(=S)CCCCCCCCCCC. The van der Waals surface area contributed by atoms with Crippen LogP contribution in [0.15, 0.2) is 0 Å². The third-order valence-electron chi connectivity index (χ3n) is 7.23. The van der Waals surface area contributed by atoms with Crippen molar-refractivity contribution >= 4 is 34.5 Å². The molecule has 0 aliphatic carbocycles. The zero-order valence-corrected chi connectivity index (χ0v) is 25.4. The lowest BCUT2D eigenvalue weighted by atomic mass is 10.1. The number of hydrogen-bond acceptors (Lipinski definition) is 7. The molecular formula is C30H56O5S2. The van der Waals surface area contributed by atoms with E-state index in [2.05, 4.69) is 13.8 Å². The van der Waals surface area contributed by atoms with Crippen LogP contribution in [0.1, 0.15) is 142 Å². The predicted molar refractivity (Wildman–Crippen MR) is 161 cm³/mol. The highest BCUT2D eigenvalue weighted by Crippen LogP contribution is 2.26. The van der Waals surface area contributed by atoms with Gasteiger partial charge >= 0.3 is 0 Å². The molecule has 0 spiro atoms. The van der Waals surface area contributed by atoms with Crippen molar-refractivity contribution in [3.05, 3.63) is 0 Å². The number of aliphatic hydroxyl groups excluding tert-OH is 2. The molecule has 1 fully saturated rings. The molecule has 37 heavy (non-hydrogen) atoms. The molecule has 1 saturated heterocycles. The molecule has 5 nitrogen and oxygen atoms in total. The van der Waals surface area contributed by atoms with Crippen molar-refractivity contribution in [1.29, 1.82) is 0 Å². The van der Waals surface area contributed by atoms with E-state index in [1.54, 1.807) is 0 Å². The van der Waals surface area contributed by atoms with E-state index in [1.807, 2.05) is 0 Å². The molecular weight excluding hydrogens is 504 g/mol. The Hall–Kier alpha value is -0.340. The fraction of sp³-hybridized carbons (Fsp3) is 0.933. The molecule has 218 valence electrons. The molecule has 2 N–H and O–H groups in total. The van der Waals surface area contributed by atoms with Crippen molar-refractivity contribution in [3.8, 4) is 0 Å². The molecule has 0 aromatic rings. The monoisotopic (exact) mass is 560 g/mol. The summed E-state index contributed by atoms with van der Waals surface area (Å²) in [6.45, 7) is 4.37. The Bertz CT molecular complexity index is 574. The number of thiocarbonyl (C=S) groups is 2. The quantitative estimate of drug-likeness (QED) is 0.0915. The van der Waals surface area contributed by atoms with Crippen LogP contribution in [0.2, 0.25) is 0 Å². The molecule has 1 heterocycles. The lowest BCUT2D eigenvalue weighted by Gasteiger charge is -2.27. The second-order valence-electron chi connectivity index (χ2n) is 10.7. The molecule has 1 aliphatic rings. The molecule has 0 unspecified atom stereocenters. The highest BCUT2D eigenvalue weighted by Gasteiger charge is 2.45. The number of unbranched alkanes of at least 4 members (excludes halogenated alkanes) is 16. The van der Waals surface area contributed by atoms with E-state index in [1.165, 1.54) is 89.9 Å². The molecule has 4 atom stereocenters. The molecule has 7 heteroatoms. The summed E-state index contributed by atoms with van der Waals surface area (Å²) in [7, 11) is 0. The summed E-state index contributed by atoms with van der Waals surface area (Å²) in [5.41, 5.74) is 0. The maximum Gasteiger partial charge on any atom is 0.167 e. The molecule has 1 rings (SSSR count). The summed E-state index contributed by atoms with van der Waals surface area (Å²) in [4.78, 5) is 0. The van der Waals surface area contributed by atoms with Gasteiger partial charge in [0.25, 0.3) is 0 Å². The first kappa shape index (κ1) is 34.7. The summed E-state index contributed by atoms with van der Waals surface area (Å²) in [5.74, 6) is 0. The van der Waals surface area contributed by atoms with Crippen molar-refractivity contribution in [2.75, 3.05) is 13.2 Å². The summed E-state index contributed by atoms with van der Waals surface area (Å²) >= 11 is 11.0. The van der Waals surface area contributed by atoms with Gasteiger partial charge in [-0.3, -0.25) is 0 Å². The zero-order chi connectivity index (χ0) is 27.1. The Morgan fingerprint density at radius 2 is 1.11 bits per heavy atom. The molecule has 0 saturated carbocycles. The highest BCUT2D eigenvalue weighted by molar-refractivity contribution is 7.80. The first-order chi connectivity index (χ1) is 18.0. The van der Waals surface area contributed by atoms with E-state index in [-0.39, 0.29) is 6.61 Å². The van der Waals surface area contributed by atoms with E-state index in [0.29, 0.717) is 16.5 Å². The molecule has 0 bridgehead atoms. The summed E-state index contributed by atoms with van der Waals surface area (Å²) in [6, 6.07) is 0. The fourth-order valence-electron chi connectivity index (χ4n) is 4.88. The van der Waals surface area contributed by atoms with Gasteiger partial charge in [-0.2, -0.15) is 0 Å². The van der Waals surface area contributed by atoms with E-state index < -0.39 is 31.0 Å². The molecule has 0 aromatic carbocycles. The van der Waals surface area contributed by atoms with Crippen LogP contribution in [0.3, 0.4) is 0 Å². The van der Waals surface area contributed by atoms with Gasteiger partial charge in [-0.1, -0.05) is 117 Å². The van der Waals surface area contributed by atoms with Gasteiger partial charge in [0.05, 0.1) is 13.2 Å². The van der Waals surface area contributed by atoms with Crippen LogP contribution in [-0.4, -0.2) is 57.9 Å². The molecule has 0 radical (unpaired) electrons. The molecule has 0 amide bonds. The minimum atomic E-state index is -1.04. The largest absolute Gasteiger partial charge is 0.477 e. The van der Waals surface area contributed by atoms with Crippen molar-refractivity contribution in [2.45, 2.75) is 167 Å². The third-order valence-corrected chi connectivity index (χ3v) is 7.83. The number of ether oxygens (including phenoxy) is 3. The smallest absolute Gasteiger partial charge is 0.167 e. The summed E-state index contributed by atoms with van der Waals surface area (Å²) < 4.78 is 17.9. The summed E-state index contributed by atoms with van der Waals surface area (Å²) in [5, 5.41) is 20.8. The Balaban J connectivity index is 2.31. The van der Waals surface area contributed by atoms with E-state index in [0.717, 1.165) is 32.1 Å². The average Bonchev–Trinajstić information content (AvgIpc) is 3.27. The van der Waals surface area contributed by atoms with Gasteiger partial charge in [0, 0.05) is 12.8 Å². The van der Waals surface area contributed by atoms with Gasteiger partial charge in [-0.15, -0.1) is 0 Å². The first-order valence-electron chi connectivity index (χ1n) is 15.3. The van der Waals surface area contributed by atoms with Crippen LogP contribution in [0.4, 0.5) is 0 Å². The lowest BCUT2D eigenvalue weighted by Crippen LogP contribution is -2.44. The number of rotatable bonds is 24. The van der Waals surface area contributed by atoms with Gasteiger partial charge in [-0.05, 0) is 37.3 Å². The van der Waals surface area contributed by atoms with Crippen molar-refractivity contribution in [3.63, 3.8) is 0 Å². The van der Waals surface area contributed by atoms with Crippen molar-refractivity contribution < 1.29 is 24.4 Å². The van der Waals surface area contributed by atoms with Crippen LogP contribution in [0.25, 0.3) is 0 Å². The van der Waals surface area contributed by atoms with Crippen LogP contribution < -0.4 is 0 Å². The average molecular weight is 561 g/mol. The Morgan fingerprint density at radius 1 is 0.703 bits per heavy atom. The minimum Gasteiger partial charge on any atom is -0.477 e. The maximum atomic E-state index is 10.2. The predicted octanol–water partition coefficient (Wildman–Crippen LogP) is 8.01. The van der Waals surface area contributed by atoms with Crippen LogP contribution >= 0.6 is 24.4 Å². The number of aliphatic hydroxyl groups is 2. The maximum absolute atomic E-state index is 10.2. The van der Waals surface area contributed by atoms with Gasteiger partial charge in [0.1, 0.15) is 12.2 Å². The molecule has 0 aromatic heterocycles. The van der Waals surface area contributed by atoms with Crippen LogP contribution in [-0.2, 0) is 14.2 Å². The van der Waals surface area contributed by atoms with Crippen molar-refractivity contribution in [2.24, 2.45) is 0 Å². The number of hydrogen-bond donors (Lipinski definition) is 2. The molecule has 1 aliphatic heterocycles. The second-order valence-corrected chi connectivity index (χ2v) is 11.6. The standard InChI is InChI=1S/C30H56O5S2/c1-3-5-7-9-11-13-15-17-19-21-27(36)34-26-24-33-29(25(32)23-31)30(26)35-28(37)22-20-18-16-14-12-10-8-6-4-2/h25-26,29-32H,3-24H2,1-2H3/t25-,26+,29+,30+/m1/s1. The van der Waals surface area contributed by atoms with Crippen molar-refractivity contribution in [1.82, 2.24) is 0 Å². The topological polar surface area (TPSA) is 68.2 Å². The first-order valence-corrected chi connectivity index (χ1v) is 16.1. The zero-order valence-electron chi connectivity index (χ0n) is 23.8. The normalized spacial score (nSPS) is 20.2. The van der Waals surface area contributed by atoms with Gasteiger partial charge in [0.15, 0.2) is 22.3 Å². The van der Waals surface area contributed by atoms with Gasteiger partial charge in [-0.25, -0.2) is 0 Å². The highest BCUT2D eigenvalue weighted by atomic mass is 32.1. The van der Waals surface area contributed by atoms with E-state index in [9.17, 15) is 10.2 Å². The van der Waals surface area contributed by atoms with Crippen LogP contribution in [0, 0.1) is 0 Å². The van der Waals surface area contributed by atoms with E-state index >= 15 is 0 Å². The lowest BCUT2D eigenvalue weighted by molar-refractivity contribution is -0.0639. The Labute approximate surface area is 238 Å². The second kappa shape index (κ2) is 23.5. The Morgan fingerprint density at radius 3 is 1.54 bits per heavy atom. The third kappa shape index (κ3) is 17.1. The van der Waals surface area contributed by atoms with Gasteiger partial charge in [0.2, 0.25) is 0 Å². The Kier molecular flexibility index (Phi) is 22.1. The van der Waals surface area contributed by atoms with Crippen LogP contribution in [0.5, 0.6) is 0 Å². The summed E-state index contributed by atoms with van der Waals surface area (Å²) in [6.07, 6.45) is 21.4. The van der Waals surface area contributed by atoms with Gasteiger partial charge < -0.3 is 24.4 Å². The van der Waals surface area contributed by atoms with E-state index in [4.69, 9.17) is 38.6 Å². The fourth-order valence-corrected chi connectivity index (χ4v) is 5.41. The minimum absolute atomic E-state index is 0.269.